The van der Waals surface area contributed by atoms with Crippen LogP contribution in [0.15, 0.2) is 58.5 Å². The number of aliphatic imine (C=N–C) groups is 2. The molecule has 1 saturated carbocycles. The molecule has 0 atom stereocenters. The molecule has 2 nitrogen and oxygen atoms in total. The van der Waals surface area contributed by atoms with Gasteiger partial charge in [-0.1, -0.05) is 73.4 Å². The molecule has 0 aliphatic heterocycles. The summed E-state index contributed by atoms with van der Waals surface area (Å²) in [5.74, 6) is 0. The van der Waals surface area contributed by atoms with Gasteiger partial charge in [-0.25, -0.2) is 9.98 Å². The van der Waals surface area contributed by atoms with Gasteiger partial charge in [-0.15, -0.1) is 0 Å². The van der Waals surface area contributed by atoms with Crippen molar-refractivity contribution in [3.8, 4) is 11.1 Å². The van der Waals surface area contributed by atoms with E-state index in [2.05, 4.69) is 71.4 Å². The van der Waals surface area contributed by atoms with Gasteiger partial charge in [0, 0.05) is 0 Å². The van der Waals surface area contributed by atoms with Gasteiger partial charge in [-0.2, -0.15) is 0 Å². The first-order valence-corrected chi connectivity index (χ1v) is 11.6. The molecule has 0 N–H and O–H groups in total. The van der Waals surface area contributed by atoms with Crippen molar-refractivity contribution in [3.63, 3.8) is 0 Å². The molecule has 0 radical (unpaired) electrons. The van der Waals surface area contributed by atoms with Gasteiger partial charge in [0.25, 0.3) is 0 Å². The molecule has 2 aromatic rings. The van der Waals surface area contributed by atoms with Crippen molar-refractivity contribution in [1.82, 2.24) is 0 Å². The Kier molecular flexibility index (Phi) is 7.16. The maximum atomic E-state index is 9.87. The summed E-state index contributed by atoms with van der Waals surface area (Å²) >= 11 is 0. The Hall–Kier alpha value is -2.17. The Balaban J connectivity index is 0.000000396. The van der Waals surface area contributed by atoms with Gasteiger partial charge < -0.3 is 0 Å². The Bertz CT molecular complexity index is 867. The van der Waals surface area contributed by atoms with Crippen molar-refractivity contribution >= 4 is 13.8 Å². The van der Waals surface area contributed by atoms with Crippen molar-refractivity contribution in [3.05, 3.63) is 59.7 Å². The molecule has 0 unspecified atom stereocenters. The summed E-state index contributed by atoms with van der Waals surface area (Å²) in [7, 11) is -10.7. The van der Waals surface area contributed by atoms with E-state index in [4.69, 9.17) is 0 Å². The average molecular weight is 449 g/mol. The molecule has 1 aliphatic carbocycles. The van der Waals surface area contributed by atoms with Gasteiger partial charge in [0.05, 0.1) is 18.6 Å². The molecule has 0 spiro atoms. The summed E-state index contributed by atoms with van der Waals surface area (Å²) in [4.78, 5) is 8.79. The van der Waals surface area contributed by atoms with Crippen LogP contribution in [0.4, 0.5) is 25.2 Å². The standard InChI is InChI=1S/C21H24N2.F6P/c1-17-7-11-19(12-8-17)20-13-9-18(10-14-20)15-22-16-23-21-5-3-2-4-6-21;1-7(2,3,4,5)6/h7-14,21H,2-6,15H2,1H3;/q;-1. The van der Waals surface area contributed by atoms with Crippen LogP contribution in [0.3, 0.4) is 0 Å². The molecular formula is C21H24F6N2P-. The fourth-order valence-electron chi connectivity index (χ4n) is 3.01. The second-order valence-electron chi connectivity index (χ2n) is 7.36. The number of hydrogen-bond donors (Lipinski definition) is 0. The van der Waals surface area contributed by atoms with E-state index >= 15 is 0 Å². The van der Waals surface area contributed by atoms with Crippen LogP contribution in [-0.2, 0) is 6.54 Å². The van der Waals surface area contributed by atoms with Crippen molar-refractivity contribution in [2.75, 3.05) is 0 Å². The summed E-state index contributed by atoms with van der Waals surface area (Å²) in [6.07, 6.45) is 6.37. The molecule has 1 fully saturated rings. The van der Waals surface area contributed by atoms with E-state index in [1.165, 1.54) is 54.4 Å². The van der Waals surface area contributed by atoms with Crippen LogP contribution in [-0.4, -0.2) is 12.1 Å². The summed E-state index contributed by atoms with van der Waals surface area (Å²) < 4.78 is 59.2. The first-order chi connectivity index (χ1) is 13.8. The zero-order valence-electron chi connectivity index (χ0n) is 16.5. The van der Waals surface area contributed by atoms with Crippen molar-refractivity contribution in [2.24, 2.45) is 9.98 Å². The topological polar surface area (TPSA) is 24.7 Å². The number of nitrogens with zero attached hydrogens (tertiary/aromatic N) is 2. The van der Waals surface area contributed by atoms with Gasteiger partial charge in [0.15, 0.2) is 0 Å². The average Bonchev–Trinajstić information content (AvgIpc) is 2.65. The molecule has 0 saturated heterocycles. The van der Waals surface area contributed by atoms with Crippen molar-refractivity contribution < 1.29 is 25.2 Å². The van der Waals surface area contributed by atoms with E-state index in [0.29, 0.717) is 12.6 Å². The fourth-order valence-corrected chi connectivity index (χ4v) is 3.01. The Morgan fingerprint density at radius 2 is 1.27 bits per heavy atom. The predicted molar refractivity (Wildman–Crippen MR) is 111 cm³/mol. The zero-order valence-corrected chi connectivity index (χ0v) is 17.4. The van der Waals surface area contributed by atoms with Crippen LogP contribution in [0, 0.1) is 6.92 Å². The minimum absolute atomic E-state index is 0.455. The quantitative estimate of drug-likeness (QED) is 0.253. The van der Waals surface area contributed by atoms with Crippen LogP contribution in [0.1, 0.15) is 43.2 Å². The van der Waals surface area contributed by atoms with E-state index in [1.54, 1.807) is 0 Å². The molecule has 9 heteroatoms. The molecular weight excluding hydrogens is 425 g/mol. The van der Waals surface area contributed by atoms with Gasteiger partial charge in [-0.3, -0.25) is 0 Å². The van der Waals surface area contributed by atoms with Gasteiger partial charge in [-0.05, 0) is 36.5 Å². The predicted octanol–water partition coefficient (Wildman–Crippen LogP) is 9.05. The third-order valence-corrected chi connectivity index (χ3v) is 4.49. The summed E-state index contributed by atoms with van der Waals surface area (Å²) in [5, 5.41) is 0. The minimum atomic E-state index is -10.7. The number of aryl methyl sites for hydroxylation is 1. The molecule has 0 heterocycles. The van der Waals surface area contributed by atoms with Gasteiger partial charge in [0.2, 0.25) is 0 Å². The van der Waals surface area contributed by atoms with E-state index in [0.717, 1.165) is 0 Å². The molecule has 0 bridgehead atoms. The normalized spacial score (nSPS) is 16.9. The summed E-state index contributed by atoms with van der Waals surface area (Å²) in [6, 6.07) is 20.6. The molecule has 0 aromatic heterocycles. The second kappa shape index (κ2) is 8.91. The first-order valence-electron chi connectivity index (χ1n) is 9.60. The molecule has 2 aromatic carbocycles. The number of benzene rings is 2. The monoisotopic (exact) mass is 449 g/mol. The van der Waals surface area contributed by atoms with Crippen LogP contribution in [0.2, 0.25) is 0 Å². The summed E-state index contributed by atoms with van der Waals surface area (Å²) in [5.41, 5.74) is 4.99. The molecule has 1 aliphatic rings. The third kappa shape index (κ3) is 11.7. The van der Waals surface area contributed by atoms with E-state index in [-0.39, 0.29) is 0 Å². The van der Waals surface area contributed by atoms with Gasteiger partial charge in [0.1, 0.15) is 0 Å². The van der Waals surface area contributed by atoms with E-state index < -0.39 is 7.81 Å². The number of hydrogen-bond acceptors (Lipinski definition) is 2. The fraction of sp³-hybridized carbons (Fsp3) is 0.381. The SMILES string of the molecule is Cc1ccc(-c2ccc(CN=C=NC3CCCCC3)cc2)cc1.F[P-](F)(F)(F)(F)F. The molecule has 3 rings (SSSR count). The number of rotatable bonds is 4. The van der Waals surface area contributed by atoms with Gasteiger partial charge >= 0.3 is 33.0 Å². The van der Waals surface area contributed by atoms with Crippen LogP contribution in [0.5, 0.6) is 0 Å². The van der Waals surface area contributed by atoms with E-state index in [9.17, 15) is 25.2 Å². The Labute approximate surface area is 172 Å². The maximum absolute atomic E-state index is 10.7. The molecule has 0 amide bonds. The molecule has 30 heavy (non-hydrogen) atoms. The third-order valence-electron chi connectivity index (χ3n) is 4.49. The van der Waals surface area contributed by atoms with Crippen molar-refractivity contribution in [2.45, 2.75) is 51.6 Å². The van der Waals surface area contributed by atoms with Crippen LogP contribution >= 0.6 is 7.81 Å². The van der Waals surface area contributed by atoms with Crippen molar-refractivity contribution in [1.29, 1.82) is 0 Å². The molecule has 166 valence electrons. The Morgan fingerprint density at radius 3 is 1.77 bits per heavy atom. The zero-order chi connectivity index (χ0) is 22.3. The Morgan fingerprint density at radius 1 is 0.800 bits per heavy atom. The van der Waals surface area contributed by atoms with E-state index in [1.807, 2.05) is 0 Å². The van der Waals surface area contributed by atoms with Crippen LogP contribution in [0.25, 0.3) is 11.1 Å². The number of halogens is 6. The second-order valence-corrected chi connectivity index (χ2v) is 9.28. The first kappa shape index (κ1) is 24.1. The van der Waals surface area contributed by atoms with Crippen LogP contribution < -0.4 is 0 Å². The summed E-state index contributed by atoms with van der Waals surface area (Å²) in [6.45, 7) is 2.77.